The predicted octanol–water partition coefficient (Wildman–Crippen LogP) is 2.99. The quantitative estimate of drug-likeness (QED) is 0.921. The van der Waals surface area contributed by atoms with E-state index in [-0.39, 0.29) is 0 Å². The Morgan fingerprint density at radius 3 is 2.86 bits per heavy atom. The zero-order valence-electron chi connectivity index (χ0n) is 13.2. The molecule has 3 heterocycles. The van der Waals surface area contributed by atoms with Crippen LogP contribution >= 0.6 is 11.3 Å². The zero-order chi connectivity index (χ0) is 15.2. The highest BCUT2D eigenvalue weighted by molar-refractivity contribution is 7.10. The highest BCUT2D eigenvalue weighted by atomic mass is 32.1. The molecule has 5 heteroatoms. The fourth-order valence-corrected chi connectivity index (χ4v) is 4.01. The number of hydrogen-bond donors (Lipinski definition) is 1. The van der Waals surface area contributed by atoms with Crippen molar-refractivity contribution >= 4 is 11.3 Å². The molecule has 118 valence electrons. The average molecular weight is 316 g/mol. The van der Waals surface area contributed by atoms with E-state index in [1.54, 1.807) is 6.33 Å². The van der Waals surface area contributed by atoms with E-state index in [9.17, 15) is 0 Å². The van der Waals surface area contributed by atoms with Crippen molar-refractivity contribution in [2.45, 2.75) is 45.3 Å². The number of thiophene rings is 1. The van der Waals surface area contributed by atoms with Crippen molar-refractivity contribution < 1.29 is 0 Å². The van der Waals surface area contributed by atoms with Gasteiger partial charge in [0.15, 0.2) is 0 Å². The van der Waals surface area contributed by atoms with Gasteiger partial charge in [-0.1, -0.05) is 0 Å². The first-order valence-electron chi connectivity index (χ1n) is 8.04. The van der Waals surface area contributed by atoms with Gasteiger partial charge in [0, 0.05) is 42.0 Å². The van der Waals surface area contributed by atoms with E-state index >= 15 is 0 Å². The Kier molecular flexibility index (Phi) is 5.53. The van der Waals surface area contributed by atoms with Crippen LogP contribution in [0.2, 0.25) is 0 Å². The molecule has 2 aromatic rings. The summed E-state index contributed by atoms with van der Waals surface area (Å²) in [6, 6.07) is 2.86. The second-order valence-corrected chi connectivity index (χ2v) is 7.01. The first-order chi connectivity index (χ1) is 10.8. The van der Waals surface area contributed by atoms with Crippen molar-refractivity contribution in [3.63, 3.8) is 0 Å². The third kappa shape index (κ3) is 4.12. The zero-order valence-corrected chi connectivity index (χ0v) is 14.0. The van der Waals surface area contributed by atoms with Crippen molar-refractivity contribution in [2.24, 2.45) is 0 Å². The Bertz CT molecular complexity index is 561. The van der Waals surface area contributed by atoms with E-state index in [1.807, 2.05) is 23.7 Å². The number of nitrogens with zero attached hydrogens (tertiary/aromatic N) is 3. The molecule has 4 nitrogen and oxygen atoms in total. The molecule has 1 atom stereocenters. The van der Waals surface area contributed by atoms with E-state index in [4.69, 9.17) is 0 Å². The molecular weight excluding hydrogens is 292 g/mol. The first-order valence-corrected chi connectivity index (χ1v) is 8.92. The smallest absolute Gasteiger partial charge is 0.115 e. The highest BCUT2D eigenvalue weighted by Crippen LogP contribution is 2.23. The summed E-state index contributed by atoms with van der Waals surface area (Å²) in [6.07, 6.45) is 9.23. The summed E-state index contributed by atoms with van der Waals surface area (Å²) < 4.78 is 0. The Labute approximate surface area is 136 Å². The monoisotopic (exact) mass is 316 g/mol. The Hall–Kier alpha value is -1.30. The van der Waals surface area contributed by atoms with Crippen molar-refractivity contribution in [2.75, 3.05) is 13.1 Å². The molecule has 22 heavy (non-hydrogen) atoms. The summed E-state index contributed by atoms with van der Waals surface area (Å²) in [6.45, 7) is 6.45. The van der Waals surface area contributed by atoms with Gasteiger partial charge in [-0.25, -0.2) is 9.97 Å². The van der Waals surface area contributed by atoms with Crippen LogP contribution in [0.1, 0.15) is 35.3 Å². The summed E-state index contributed by atoms with van der Waals surface area (Å²) in [5, 5.41) is 5.71. The maximum absolute atomic E-state index is 4.17. The van der Waals surface area contributed by atoms with Crippen LogP contribution in [0.15, 0.2) is 30.2 Å². The molecule has 3 rings (SSSR count). The van der Waals surface area contributed by atoms with Crippen molar-refractivity contribution in [1.82, 2.24) is 20.2 Å². The largest absolute Gasteiger partial charge is 0.317 e. The molecule has 1 fully saturated rings. The molecule has 1 N–H and O–H groups in total. The third-order valence-corrected chi connectivity index (χ3v) is 5.38. The van der Waals surface area contributed by atoms with Gasteiger partial charge in [0.2, 0.25) is 0 Å². The van der Waals surface area contributed by atoms with Crippen LogP contribution in [0.4, 0.5) is 0 Å². The van der Waals surface area contributed by atoms with Crippen molar-refractivity contribution in [3.8, 4) is 0 Å². The van der Waals surface area contributed by atoms with E-state index in [0.29, 0.717) is 6.04 Å². The van der Waals surface area contributed by atoms with Crippen molar-refractivity contribution in [3.05, 3.63) is 46.2 Å². The predicted molar refractivity (Wildman–Crippen MR) is 90.8 cm³/mol. The van der Waals surface area contributed by atoms with Gasteiger partial charge in [-0.2, -0.15) is 0 Å². The average Bonchev–Trinajstić information content (AvgIpc) is 2.79. The van der Waals surface area contributed by atoms with Gasteiger partial charge < -0.3 is 5.32 Å². The topological polar surface area (TPSA) is 41.1 Å². The molecule has 0 aliphatic carbocycles. The SMILES string of the molecule is Cc1ccsc1CN(Cc1cncnc1)C1CCCNCC1. The summed E-state index contributed by atoms with van der Waals surface area (Å²) in [5.41, 5.74) is 2.61. The normalized spacial score (nSPS) is 19.3. The van der Waals surface area contributed by atoms with Crippen LogP contribution in [-0.2, 0) is 13.1 Å². The molecule has 0 spiro atoms. The lowest BCUT2D eigenvalue weighted by atomic mass is 10.1. The molecule has 1 aliphatic heterocycles. The standard InChI is InChI=1S/C17H24N4S/c1-14-5-8-22-17(14)12-21(11-15-9-19-13-20-10-15)16-3-2-6-18-7-4-16/h5,8-10,13,16,18H,2-4,6-7,11-12H2,1H3. The van der Waals surface area contributed by atoms with Crippen LogP contribution < -0.4 is 5.32 Å². The van der Waals surface area contributed by atoms with E-state index in [2.05, 4.69) is 38.6 Å². The molecule has 1 saturated heterocycles. The van der Waals surface area contributed by atoms with E-state index < -0.39 is 0 Å². The van der Waals surface area contributed by atoms with Crippen LogP contribution in [0.5, 0.6) is 0 Å². The van der Waals surface area contributed by atoms with Crippen molar-refractivity contribution in [1.29, 1.82) is 0 Å². The number of aryl methyl sites for hydroxylation is 1. The second-order valence-electron chi connectivity index (χ2n) is 6.01. The molecule has 0 saturated carbocycles. The van der Waals surface area contributed by atoms with Crippen LogP contribution in [-0.4, -0.2) is 34.0 Å². The first kappa shape index (κ1) is 15.6. The summed E-state index contributed by atoms with van der Waals surface area (Å²) >= 11 is 1.87. The lowest BCUT2D eigenvalue weighted by molar-refractivity contribution is 0.165. The van der Waals surface area contributed by atoms with Gasteiger partial charge in [0.05, 0.1) is 0 Å². The lowest BCUT2D eigenvalue weighted by Gasteiger charge is -2.30. The van der Waals surface area contributed by atoms with Gasteiger partial charge in [0.25, 0.3) is 0 Å². The lowest BCUT2D eigenvalue weighted by Crippen LogP contribution is -2.35. The Morgan fingerprint density at radius 2 is 2.09 bits per heavy atom. The minimum absolute atomic E-state index is 0.636. The number of nitrogens with one attached hydrogen (secondary N) is 1. The summed E-state index contributed by atoms with van der Waals surface area (Å²) in [4.78, 5) is 12.4. The molecule has 1 aliphatic rings. The number of rotatable bonds is 5. The van der Waals surface area contributed by atoms with Gasteiger partial charge in [-0.15, -0.1) is 11.3 Å². The van der Waals surface area contributed by atoms with Gasteiger partial charge in [-0.3, -0.25) is 4.90 Å². The van der Waals surface area contributed by atoms with Crippen LogP contribution in [0.25, 0.3) is 0 Å². The molecular formula is C17H24N4S. The number of hydrogen-bond acceptors (Lipinski definition) is 5. The molecule has 0 amide bonds. The molecule has 0 bridgehead atoms. The fourth-order valence-electron chi connectivity index (χ4n) is 3.08. The second kappa shape index (κ2) is 7.81. The number of aromatic nitrogens is 2. The van der Waals surface area contributed by atoms with Crippen LogP contribution in [0, 0.1) is 6.92 Å². The maximum atomic E-state index is 4.17. The van der Waals surface area contributed by atoms with Gasteiger partial charge in [0.1, 0.15) is 6.33 Å². The highest BCUT2D eigenvalue weighted by Gasteiger charge is 2.21. The molecule has 1 unspecified atom stereocenters. The van der Waals surface area contributed by atoms with E-state index in [1.165, 1.54) is 35.3 Å². The molecule has 0 radical (unpaired) electrons. The minimum atomic E-state index is 0.636. The third-order valence-electron chi connectivity index (χ3n) is 4.38. The van der Waals surface area contributed by atoms with Crippen LogP contribution in [0.3, 0.4) is 0 Å². The Balaban J connectivity index is 1.76. The maximum Gasteiger partial charge on any atom is 0.115 e. The molecule has 2 aromatic heterocycles. The Morgan fingerprint density at radius 1 is 1.23 bits per heavy atom. The fraction of sp³-hybridized carbons (Fsp3) is 0.529. The minimum Gasteiger partial charge on any atom is -0.317 e. The van der Waals surface area contributed by atoms with Gasteiger partial charge in [-0.05, 0) is 56.3 Å². The van der Waals surface area contributed by atoms with E-state index in [0.717, 1.165) is 26.2 Å². The van der Waals surface area contributed by atoms with Gasteiger partial charge >= 0.3 is 0 Å². The summed E-state index contributed by atoms with van der Waals surface area (Å²) in [5.74, 6) is 0. The molecule has 0 aromatic carbocycles. The summed E-state index contributed by atoms with van der Waals surface area (Å²) in [7, 11) is 0.